The third kappa shape index (κ3) is 3.16. The molecule has 7 heteroatoms. The van der Waals surface area contributed by atoms with Crippen molar-refractivity contribution >= 4 is 17.3 Å². The van der Waals surface area contributed by atoms with Gasteiger partial charge in [-0.2, -0.15) is 5.10 Å². The molecule has 140 valence electrons. The second kappa shape index (κ2) is 6.83. The van der Waals surface area contributed by atoms with E-state index in [0.29, 0.717) is 17.2 Å². The molecule has 4 N–H and O–H groups in total. The fourth-order valence-corrected chi connectivity index (χ4v) is 3.15. The van der Waals surface area contributed by atoms with Crippen LogP contribution in [0.4, 0.5) is 5.69 Å². The summed E-state index contributed by atoms with van der Waals surface area (Å²) >= 11 is 0. The Balaban J connectivity index is 1.77. The number of carbonyl (C=O) groups is 1. The lowest BCUT2D eigenvalue weighted by Gasteiger charge is -2.27. The van der Waals surface area contributed by atoms with Crippen molar-refractivity contribution in [2.75, 3.05) is 12.5 Å². The predicted molar refractivity (Wildman–Crippen MR) is 103 cm³/mol. The highest BCUT2D eigenvalue weighted by Gasteiger charge is 2.32. The Morgan fingerprint density at radius 3 is 2.70 bits per heavy atom. The maximum absolute atomic E-state index is 12.8. The SMILES string of the molecule is CCC(C)NC(=O)C1NN=C(c2ccc(N)cc2)c2cc3c(cc21)OCO3. The largest absolute Gasteiger partial charge is 0.454 e. The number of hydrogen-bond acceptors (Lipinski definition) is 6. The van der Waals surface area contributed by atoms with Crippen molar-refractivity contribution in [2.24, 2.45) is 5.10 Å². The monoisotopic (exact) mass is 366 g/mol. The topological polar surface area (TPSA) is 98.0 Å². The Morgan fingerprint density at radius 2 is 2.00 bits per heavy atom. The number of nitrogens with one attached hydrogen (secondary N) is 2. The minimum Gasteiger partial charge on any atom is -0.454 e. The van der Waals surface area contributed by atoms with Crippen molar-refractivity contribution in [2.45, 2.75) is 32.4 Å². The van der Waals surface area contributed by atoms with Crippen LogP contribution >= 0.6 is 0 Å². The van der Waals surface area contributed by atoms with Gasteiger partial charge in [0.15, 0.2) is 11.5 Å². The zero-order valence-electron chi connectivity index (χ0n) is 15.3. The van der Waals surface area contributed by atoms with Gasteiger partial charge in [-0.15, -0.1) is 0 Å². The first-order valence-corrected chi connectivity index (χ1v) is 9.00. The van der Waals surface area contributed by atoms with Crippen LogP contribution in [-0.4, -0.2) is 24.5 Å². The second-order valence-electron chi connectivity index (χ2n) is 6.76. The highest BCUT2D eigenvalue weighted by atomic mass is 16.7. The Morgan fingerprint density at radius 1 is 1.30 bits per heavy atom. The molecule has 2 aliphatic heterocycles. The first-order chi connectivity index (χ1) is 13.1. The van der Waals surface area contributed by atoms with E-state index in [-0.39, 0.29) is 18.7 Å². The van der Waals surface area contributed by atoms with Gasteiger partial charge in [0.05, 0.1) is 5.71 Å². The predicted octanol–water partition coefficient (Wildman–Crippen LogP) is 2.31. The quantitative estimate of drug-likeness (QED) is 0.722. The standard InChI is InChI=1S/C20H22N4O3/c1-3-11(2)22-20(25)19-15-9-17-16(26-10-27-17)8-14(15)18(23-24-19)12-4-6-13(21)7-5-12/h4-9,11,19,24H,3,10,21H2,1-2H3,(H,22,25). The smallest absolute Gasteiger partial charge is 0.248 e. The van der Waals surface area contributed by atoms with Gasteiger partial charge in [0, 0.05) is 22.9 Å². The Hall–Kier alpha value is -3.22. The summed E-state index contributed by atoms with van der Waals surface area (Å²) in [5.74, 6) is 1.17. The number of nitrogen functional groups attached to an aromatic ring is 1. The van der Waals surface area contributed by atoms with Gasteiger partial charge in [0.25, 0.3) is 0 Å². The summed E-state index contributed by atoms with van der Waals surface area (Å²) in [5, 5.41) is 7.51. The van der Waals surface area contributed by atoms with E-state index >= 15 is 0 Å². The molecule has 2 aliphatic rings. The summed E-state index contributed by atoms with van der Waals surface area (Å²) in [6, 6.07) is 10.7. The van der Waals surface area contributed by atoms with E-state index in [1.54, 1.807) is 0 Å². The van der Waals surface area contributed by atoms with Crippen LogP contribution in [0.25, 0.3) is 0 Å². The van der Waals surface area contributed by atoms with E-state index < -0.39 is 6.04 Å². The van der Waals surface area contributed by atoms with Gasteiger partial charge in [-0.1, -0.05) is 19.1 Å². The van der Waals surface area contributed by atoms with Crippen LogP contribution in [0.3, 0.4) is 0 Å². The minimum atomic E-state index is -0.596. The van der Waals surface area contributed by atoms with Crippen LogP contribution in [0.15, 0.2) is 41.5 Å². The molecule has 2 aromatic carbocycles. The summed E-state index contributed by atoms with van der Waals surface area (Å²) in [7, 11) is 0. The molecule has 2 atom stereocenters. The van der Waals surface area contributed by atoms with E-state index in [9.17, 15) is 4.79 Å². The van der Waals surface area contributed by atoms with Crippen molar-refractivity contribution in [3.63, 3.8) is 0 Å². The molecule has 7 nitrogen and oxygen atoms in total. The molecule has 0 spiro atoms. The van der Waals surface area contributed by atoms with Crippen molar-refractivity contribution in [1.82, 2.24) is 10.7 Å². The number of amides is 1. The van der Waals surface area contributed by atoms with E-state index in [4.69, 9.17) is 15.2 Å². The number of ether oxygens (including phenoxy) is 2. The molecular formula is C20H22N4O3. The summed E-state index contributed by atoms with van der Waals surface area (Å²) in [6.07, 6.45) is 0.854. The molecule has 1 amide bonds. The first kappa shape index (κ1) is 17.2. The third-order valence-electron chi connectivity index (χ3n) is 4.86. The number of anilines is 1. The minimum absolute atomic E-state index is 0.0826. The molecule has 2 unspecified atom stereocenters. The first-order valence-electron chi connectivity index (χ1n) is 9.00. The van der Waals surface area contributed by atoms with Gasteiger partial charge in [-0.25, -0.2) is 0 Å². The van der Waals surface area contributed by atoms with Gasteiger partial charge < -0.3 is 20.5 Å². The third-order valence-corrected chi connectivity index (χ3v) is 4.86. The van der Waals surface area contributed by atoms with Crippen molar-refractivity contribution in [1.29, 1.82) is 0 Å². The second-order valence-corrected chi connectivity index (χ2v) is 6.76. The van der Waals surface area contributed by atoms with Gasteiger partial charge in [0.1, 0.15) is 6.04 Å². The molecule has 27 heavy (non-hydrogen) atoms. The molecule has 0 saturated carbocycles. The Kier molecular flexibility index (Phi) is 4.35. The molecular weight excluding hydrogens is 344 g/mol. The molecule has 0 saturated heterocycles. The molecule has 0 aliphatic carbocycles. The normalized spacial score (nSPS) is 18.1. The van der Waals surface area contributed by atoms with Crippen LogP contribution in [0.2, 0.25) is 0 Å². The average molecular weight is 366 g/mol. The van der Waals surface area contributed by atoms with Gasteiger partial charge in [-0.05, 0) is 43.2 Å². The fraction of sp³-hybridized carbons (Fsp3) is 0.300. The number of hydrogen-bond donors (Lipinski definition) is 3. The molecule has 0 fully saturated rings. The lowest BCUT2D eigenvalue weighted by atomic mass is 9.91. The summed E-state index contributed by atoms with van der Waals surface area (Å²) in [4.78, 5) is 12.8. The number of fused-ring (bicyclic) bond motifs is 2. The molecule has 0 radical (unpaired) electrons. The number of hydrazone groups is 1. The van der Waals surface area contributed by atoms with E-state index in [1.165, 1.54) is 0 Å². The van der Waals surface area contributed by atoms with Crippen LogP contribution < -0.4 is 25.9 Å². The van der Waals surface area contributed by atoms with Crippen LogP contribution in [0, 0.1) is 0 Å². The number of nitrogens with two attached hydrogens (primary N) is 1. The average Bonchev–Trinajstić information content (AvgIpc) is 3.13. The number of rotatable bonds is 4. The molecule has 0 aromatic heterocycles. The van der Waals surface area contributed by atoms with Crippen molar-refractivity contribution in [3.05, 3.63) is 53.1 Å². The van der Waals surface area contributed by atoms with E-state index in [0.717, 1.165) is 28.8 Å². The zero-order valence-corrected chi connectivity index (χ0v) is 15.3. The lowest BCUT2D eigenvalue weighted by Crippen LogP contribution is -2.42. The summed E-state index contributed by atoms with van der Waals surface area (Å²) < 4.78 is 11.0. The van der Waals surface area contributed by atoms with E-state index in [1.807, 2.05) is 50.2 Å². The molecule has 0 bridgehead atoms. The maximum atomic E-state index is 12.8. The van der Waals surface area contributed by atoms with Crippen molar-refractivity contribution in [3.8, 4) is 11.5 Å². The van der Waals surface area contributed by atoms with E-state index in [2.05, 4.69) is 15.8 Å². The molecule has 2 heterocycles. The van der Waals surface area contributed by atoms with Gasteiger partial charge >= 0.3 is 0 Å². The van der Waals surface area contributed by atoms with Crippen molar-refractivity contribution < 1.29 is 14.3 Å². The number of nitrogens with zero attached hydrogens (tertiary/aromatic N) is 1. The molecule has 2 aromatic rings. The fourth-order valence-electron chi connectivity index (χ4n) is 3.15. The number of carbonyl (C=O) groups excluding carboxylic acids is 1. The maximum Gasteiger partial charge on any atom is 0.248 e. The van der Waals surface area contributed by atoms with Gasteiger partial charge in [-0.3, -0.25) is 10.2 Å². The van der Waals surface area contributed by atoms with Crippen LogP contribution in [0.1, 0.15) is 43.0 Å². The van der Waals surface area contributed by atoms with Crippen LogP contribution in [-0.2, 0) is 4.79 Å². The summed E-state index contributed by atoms with van der Waals surface area (Å²) in [5.41, 5.74) is 12.8. The lowest BCUT2D eigenvalue weighted by molar-refractivity contribution is -0.124. The Bertz CT molecular complexity index is 908. The molecule has 4 rings (SSSR count). The highest BCUT2D eigenvalue weighted by Crippen LogP contribution is 2.39. The van der Waals surface area contributed by atoms with Crippen LogP contribution in [0.5, 0.6) is 11.5 Å². The Labute approximate surface area is 157 Å². The highest BCUT2D eigenvalue weighted by molar-refractivity contribution is 6.15. The van der Waals surface area contributed by atoms with Gasteiger partial charge in [0.2, 0.25) is 12.7 Å². The zero-order chi connectivity index (χ0) is 19.0. The summed E-state index contributed by atoms with van der Waals surface area (Å²) in [6.45, 7) is 4.18. The number of benzene rings is 2.